The van der Waals surface area contributed by atoms with Crippen molar-refractivity contribution in [3.05, 3.63) is 23.3 Å². The van der Waals surface area contributed by atoms with Crippen LogP contribution >= 0.6 is 0 Å². The zero-order valence-corrected chi connectivity index (χ0v) is 45.8. The van der Waals surface area contributed by atoms with Crippen LogP contribution in [0.3, 0.4) is 0 Å². The molecule has 1 N–H and O–H groups in total. The Kier molecular flexibility index (Phi) is 11.6. The van der Waals surface area contributed by atoms with E-state index < -0.39 is 10.8 Å². The van der Waals surface area contributed by atoms with Gasteiger partial charge in [-0.05, 0) is 174 Å². The van der Waals surface area contributed by atoms with Gasteiger partial charge in [-0.3, -0.25) is 19.2 Å². The third-order valence-corrected chi connectivity index (χ3v) is 25.7. The second kappa shape index (κ2) is 15.7. The molecular weight excluding hydrogens is 869 g/mol. The number of aldehydes is 1. The van der Waals surface area contributed by atoms with Crippen LogP contribution in [-0.2, 0) is 24.0 Å². The fraction of sp³-hybridized carbons (Fsp3) is 0.823. The van der Waals surface area contributed by atoms with Gasteiger partial charge in [0.05, 0.1) is 11.1 Å². The van der Waals surface area contributed by atoms with Gasteiger partial charge < -0.3 is 9.90 Å². The van der Waals surface area contributed by atoms with E-state index in [0.29, 0.717) is 24.4 Å². The van der Waals surface area contributed by atoms with Crippen molar-refractivity contribution in [3.8, 4) is 12.1 Å². The van der Waals surface area contributed by atoms with E-state index >= 15 is 0 Å². The molecule has 0 aromatic rings. The zero-order valence-electron chi connectivity index (χ0n) is 45.8. The fourth-order valence-corrected chi connectivity index (χ4v) is 21.2. The van der Waals surface area contributed by atoms with Crippen molar-refractivity contribution in [1.29, 1.82) is 10.5 Å². The molecule has 10 aliphatic rings. The minimum absolute atomic E-state index is 0.0120. The number of Topliss-reactive ketones (excluding diaryl/α,β-unsaturated/α-hetero) is 4. The van der Waals surface area contributed by atoms with E-state index in [2.05, 4.69) is 81.4 Å². The number of nitrogens with zero attached hydrogens (tertiary/aromatic N) is 2. The summed E-state index contributed by atoms with van der Waals surface area (Å²) in [7, 11) is 0. The Morgan fingerprint density at radius 2 is 0.914 bits per heavy atom. The maximum Gasteiger partial charge on any atom is 0.178 e. The van der Waals surface area contributed by atoms with E-state index in [1.54, 1.807) is 0 Å². The summed E-state index contributed by atoms with van der Waals surface area (Å²) in [5.74, 6) is 1.36. The standard InChI is InChI=1S/C31H45NO3.C31H43NO3/c2*1-26(2)10-12-31(18-33)13-11-30(7)24(20(31)16-26)21(34)14-23-28(5)15-19(17-32)25(35)27(3,4)22(28)8-9-29(23,30)6/h15,20,22-24,33H,8-14,16,18H2,1-7H3;15,18,20,22-24H,8-14,16H2,1-7H3/t2*20-,22-,23+,24-,28-,29+,30+,31+/m00/s1. The molecule has 8 nitrogen and oxygen atoms in total. The largest absolute Gasteiger partial charge is 0.396 e. The molecule has 0 heterocycles. The van der Waals surface area contributed by atoms with Crippen molar-refractivity contribution in [2.24, 2.45) is 112 Å². The highest BCUT2D eigenvalue weighted by Gasteiger charge is 2.74. The van der Waals surface area contributed by atoms with Gasteiger partial charge in [0.15, 0.2) is 11.6 Å². The van der Waals surface area contributed by atoms with Gasteiger partial charge in [0, 0.05) is 47.5 Å². The Morgan fingerprint density at radius 3 is 1.34 bits per heavy atom. The lowest BCUT2D eigenvalue weighted by Crippen LogP contribution is -2.68. The van der Waals surface area contributed by atoms with E-state index in [4.69, 9.17) is 0 Å². The van der Waals surface area contributed by atoms with Crippen molar-refractivity contribution in [3.63, 3.8) is 0 Å². The third-order valence-electron chi connectivity index (χ3n) is 25.7. The molecule has 0 aromatic carbocycles. The number of hydrogen-bond donors (Lipinski definition) is 1. The number of allylic oxidation sites excluding steroid dienone is 4. The first-order chi connectivity index (χ1) is 32.2. The van der Waals surface area contributed by atoms with Gasteiger partial charge in [0.25, 0.3) is 0 Å². The number of nitriles is 2. The first-order valence-electron chi connectivity index (χ1n) is 27.7. The lowest BCUT2D eigenvalue weighted by atomic mass is 9.31. The average molecular weight is 957 g/mol. The van der Waals surface area contributed by atoms with Gasteiger partial charge in [0.2, 0.25) is 0 Å². The Morgan fingerprint density at radius 1 is 0.529 bits per heavy atom. The van der Waals surface area contributed by atoms with Crippen LogP contribution in [-0.4, -0.2) is 41.1 Å². The van der Waals surface area contributed by atoms with Crippen molar-refractivity contribution in [2.75, 3.05) is 6.61 Å². The van der Waals surface area contributed by atoms with E-state index in [1.165, 1.54) is 6.29 Å². The van der Waals surface area contributed by atoms with E-state index in [1.807, 2.05) is 39.8 Å². The number of ketones is 4. The van der Waals surface area contributed by atoms with Crippen LogP contribution in [0.5, 0.6) is 0 Å². The topological polar surface area (TPSA) is 153 Å². The van der Waals surface area contributed by atoms with Gasteiger partial charge in [-0.1, -0.05) is 109 Å². The normalized spacial score (nSPS) is 50.0. The summed E-state index contributed by atoms with van der Waals surface area (Å²) in [6, 6.07) is 4.41. The van der Waals surface area contributed by atoms with Gasteiger partial charge in [-0.15, -0.1) is 0 Å². The molecule has 0 radical (unpaired) electrons. The van der Waals surface area contributed by atoms with Crippen molar-refractivity contribution >= 4 is 29.4 Å². The quantitative estimate of drug-likeness (QED) is 0.268. The van der Waals surface area contributed by atoms with Crippen LogP contribution in [0.4, 0.5) is 0 Å². The van der Waals surface area contributed by atoms with Gasteiger partial charge in [0.1, 0.15) is 30.0 Å². The maximum atomic E-state index is 14.3. The molecule has 8 fully saturated rings. The third kappa shape index (κ3) is 6.53. The lowest BCUT2D eigenvalue weighted by Gasteiger charge is -2.72. The second-order valence-electron chi connectivity index (χ2n) is 30.2. The van der Waals surface area contributed by atoms with Crippen LogP contribution in [0.2, 0.25) is 0 Å². The van der Waals surface area contributed by atoms with Crippen LogP contribution in [0.1, 0.15) is 200 Å². The molecule has 8 heteroatoms. The number of carbonyl (C=O) groups excluding carboxylic acids is 5. The fourth-order valence-electron chi connectivity index (χ4n) is 21.2. The Bertz CT molecular complexity index is 2460. The zero-order chi connectivity index (χ0) is 51.6. The molecular formula is C62H88N2O6. The van der Waals surface area contributed by atoms with Crippen molar-refractivity contribution in [2.45, 2.75) is 200 Å². The van der Waals surface area contributed by atoms with Crippen molar-refractivity contribution < 1.29 is 29.1 Å². The Hall–Kier alpha value is -3.23. The minimum Gasteiger partial charge on any atom is -0.396 e. The maximum absolute atomic E-state index is 14.3. The predicted molar refractivity (Wildman–Crippen MR) is 271 cm³/mol. The molecule has 382 valence electrons. The molecule has 8 saturated carbocycles. The number of carbonyl (C=O) groups is 5. The predicted octanol–water partition coefficient (Wildman–Crippen LogP) is 12.8. The van der Waals surface area contributed by atoms with Crippen LogP contribution in [0.25, 0.3) is 0 Å². The van der Waals surface area contributed by atoms with Crippen LogP contribution in [0, 0.1) is 135 Å². The average Bonchev–Trinajstić information content (AvgIpc) is 3.28. The Labute approximate surface area is 421 Å². The lowest BCUT2D eigenvalue weighted by molar-refractivity contribution is -0.226. The summed E-state index contributed by atoms with van der Waals surface area (Å²) >= 11 is 0. The SMILES string of the molecule is CC1(C)CC[C@]2(C=O)CC[C@]3(C)[C@H](C(=O)C[C@@H]4[C@@]5(C)C=C(C#N)C(=O)C(C)(C)[C@@H]5CC[C@]43C)[C@@H]2C1.CC1(C)CC[C@]2(CO)CC[C@]3(C)[C@H](C(=O)C[C@@H]4[C@@]5(C)C=C(C#N)C(=O)C(C)(C)[C@@H]5CC[C@]43C)[C@@H]2C1. The monoisotopic (exact) mass is 957 g/mol. The summed E-state index contributed by atoms with van der Waals surface area (Å²) in [6.45, 7) is 31.5. The highest BCUT2D eigenvalue weighted by molar-refractivity contribution is 6.05. The second-order valence-corrected chi connectivity index (χ2v) is 30.2. The molecule has 0 aromatic heterocycles. The molecule has 0 saturated heterocycles. The van der Waals surface area contributed by atoms with Crippen LogP contribution < -0.4 is 0 Å². The summed E-state index contributed by atoms with van der Waals surface area (Å²) in [5, 5.41) is 30.4. The molecule has 10 aliphatic carbocycles. The van der Waals surface area contributed by atoms with Gasteiger partial charge in [-0.2, -0.15) is 10.5 Å². The van der Waals surface area contributed by atoms with Gasteiger partial charge in [-0.25, -0.2) is 0 Å². The number of fused-ring (bicyclic) bond motifs is 14. The molecule has 0 bridgehead atoms. The summed E-state index contributed by atoms with van der Waals surface area (Å²) in [6.07, 6.45) is 19.9. The van der Waals surface area contributed by atoms with Crippen LogP contribution in [0.15, 0.2) is 23.3 Å². The molecule has 0 spiro atoms. The molecule has 0 aliphatic heterocycles. The Balaban J connectivity index is 0.000000174. The number of aliphatic hydroxyl groups is 1. The number of rotatable bonds is 2. The van der Waals surface area contributed by atoms with E-state index in [9.17, 15) is 39.6 Å². The summed E-state index contributed by atoms with van der Waals surface area (Å²) in [5.41, 5.74) is -1.94. The molecule has 10 rings (SSSR count). The van der Waals surface area contributed by atoms with E-state index in [-0.39, 0.29) is 131 Å². The molecule has 16 atom stereocenters. The summed E-state index contributed by atoms with van der Waals surface area (Å²) in [4.78, 5) is 67.5. The molecule has 0 amide bonds. The molecule has 70 heavy (non-hydrogen) atoms. The summed E-state index contributed by atoms with van der Waals surface area (Å²) < 4.78 is 0. The highest BCUT2D eigenvalue weighted by Crippen LogP contribution is 2.78. The van der Waals surface area contributed by atoms with Crippen molar-refractivity contribution in [1.82, 2.24) is 0 Å². The van der Waals surface area contributed by atoms with E-state index in [0.717, 1.165) is 89.9 Å². The smallest absolute Gasteiger partial charge is 0.178 e. The number of hydrogen-bond acceptors (Lipinski definition) is 8. The highest BCUT2D eigenvalue weighted by atomic mass is 16.3. The van der Waals surface area contributed by atoms with Gasteiger partial charge >= 0.3 is 0 Å². The first-order valence-corrected chi connectivity index (χ1v) is 27.7. The number of aliphatic hydroxyl groups excluding tert-OH is 1. The molecule has 0 unspecified atom stereocenters. The first kappa shape index (κ1) is 51.7. The minimum atomic E-state index is -0.608.